The fourth-order valence-corrected chi connectivity index (χ4v) is 3.05. The average molecular weight is 254 g/mol. The van der Waals surface area contributed by atoms with Crippen molar-refractivity contribution >= 4 is 23.2 Å². The molecule has 0 N–H and O–H groups in total. The molecule has 0 atom stereocenters. The molecule has 1 saturated carbocycles. The molecule has 1 fully saturated rings. The quantitative estimate of drug-likeness (QED) is 0.758. The summed E-state index contributed by atoms with van der Waals surface area (Å²) < 4.78 is 0. The van der Waals surface area contributed by atoms with Crippen molar-refractivity contribution in [3.05, 3.63) is 33.8 Å². The zero-order chi connectivity index (χ0) is 11.8. The van der Waals surface area contributed by atoms with E-state index in [1.165, 1.54) is 0 Å². The van der Waals surface area contributed by atoms with E-state index in [1.807, 2.05) is 6.07 Å². The van der Waals surface area contributed by atoms with Crippen LogP contribution in [0.3, 0.4) is 0 Å². The van der Waals surface area contributed by atoms with E-state index in [-0.39, 0.29) is 5.41 Å². The largest absolute Gasteiger partial charge is 0.197 e. The van der Waals surface area contributed by atoms with Crippen molar-refractivity contribution in [3.63, 3.8) is 0 Å². The van der Waals surface area contributed by atoms with E-state index in [2.05, 4.69) is 13.0 Å². The lowest BCUT2D eigenvalue weighted by Gasteiger charge is -2.43. The van der Waals surface area contributed by atoms with E-state index < -0.39 is 0 Å². The Morgan fingerprint density at radius 1 is 1.44 bits per heavy atom. The summed E-state index contributed by atoms with van der Waals surface area (Å²) >= 11 is 12.0. The van der Waals surface area contributed by atoms with Gasteiger partial charge in [-0.2, -0.15) is 5.26 Å². The smallest absolute Gasteiger partial charge is 0.0842 e. The van der Waals surface area contributed by atoms with Crippen molar-refractivity contribution < 1.29 is 0 Å². The van der Waals surface area contributed by atoms with E-state index in [0.717, 1.165) is 24.8 Å². The molecule has 1 aromatic rings. The van der Waals surface area contributed by atoms with Crippen molar-refractivity contribution in [3.8, 4) is 6.07 Å². The van der Waals surface area contributed by atoms with Gasteiger partial charge in [-0.15, -0.1) is 0 Å². The van der Waals surface area contributed by atoms with Gasteiger partial charge in [-0.1, -0.05) is 42.6 Å². The highest BCUT2D eigenvalue weighted by Crippen LogP contribution is 2.50. The summed E-state index contributed by atoms with van der Waals surface area (Å²) in [6.45, 7) is 2.16. The molecule has 0 bridgehead atoms. The molecule has 0 amide bonds. The van der Waals surface area contributed by atoms with Crippen LogP contribution in [0.2, 0.25) is 10.0 Å². The maximum Gasteiger partial charge on any atom is 0.0842 e. The minimum absolute atomic E-state index is 0.373. The zero-order valence-electron chi connectivity index (χ0n) is 9.13. The highest BCUT2D eigenvalue weighted by molar-refractivity contribution is 6.35. The molecular formula is C13H13Cl2N. The Kier molecular flexibility index (Phi) is 3.15. The van der Waals surface area contributed by atoms with Crippen molar-refractivity contribution in [2.45, 2.75) is 31.6 Å². The van der Waals surface area contributed by atoms with Gasteiger partial charge in [0.15, 0.2) is 0 Å². The second-order valence-corrected chi connectivity index (χ2v) is 5.34. The molecule has 0 aliphatic heterocycles. The van der Waals surface area contributed by atoms with E-state index >= 15 is 0 Å². The van der Waals surface area contributed by atoms with Crippen molar-refractivity contribution in [2.75, 3.05) is 0 Å². The Bertz CT molecular complexity index is 442. The molecule has 0 aromatic heterocycles. The lowest BCUT2D eigenvalue weighted by Crippen LogP contribution is -2.39. The molecule has 1 aliphatic carbocycles. The van der Waals surface area contributed by atoms with Gasteiger partial charge in [0.2, 0.25) is 0 Å². The van der Waals surface area contributed by atoms with Gasteiger partial charge >= 0.3 is 0 Å². The van der Waals surface area contributed by atoms with Gasteiger partial charge in [-0.05, 0) is 36.5 Å². The van der Waals surface area contributed by atoms with Crippen LogP contribution in [0.25, 0.3) is 0 Å². The molecular weight excluding hydrogens is 241 g/mol. The van der Waals surface area contributed by atoms with E-state index in [0.29, 0.717) is 16.0 Å². The predicted octanol–water partition coefficient (Wildman–Crippen LogP) is 4.57. The third-order valence-electron chi connectivity index (χ3n) is 3.51. The number of nitrogens with zero attached hydrogens (tertiary/aromatic N) is 1. The Hall–Kier alpha value is -0.710. The van der Waals surface area contributed by atoms with Crippen molar-refractivity contribution in [1.82, 2.24) is 0 Å². The van der Waals surface area contributed by atoms with Crippen molar-refractivity contribution in [2.24, 2.45) is 5.92 Å². The third-order valence-corrected chi connectivity index (χ3v) is 4.06. The van der Waals surface area contributed by atoms with Gasteiger partial charge < -0.3 is 0 Å². The molecule has 1 aromatic carbocycles. The number of benzene rings is 1. The van der Waals surface area contributed by atoms with E-state index in [4.69, 9.17) is 23.2 Å². The van der Waals surface area contributed by atoms with Crippen LogP contribution in [0.5, 0.6) is 0 Å². The van der Waals surface area contributed by atoms with E-state index in [9.17, 15) is 5.26 Å². The Balaban J connectivity index is 2.33. The first-order chi connectivity index (χ1) is 7.61. The Morgan fingerprint density at radius 3 is 2.62 bits per heavy atom. The van der Waals surface area contributed by atoms with Gasteiger partial charge in [0.25, 0.3) is 0 Å². The fraction of sp³-hybridized carbons (Fsp3) is 0.462. The van der Waals surface area contributed by atoms with E-state index in [1.54, 1.807) is 12.1 Å². The van der Waals surface area contributed by atoms with Crippen LogP contribution in [-0.2, 0) is 5.41 Å². The number of hydrogen-bond donors (Lipinski definition) is 0. The maximum absolute atomic E-state index is 9.36. The Morgan fingerprint density at radius 2 is 2.12 bits per heavy atom. The first kappa shape index (κ1) is 11.8. The number of nitriles is 1. The molecule has 0 unspecified atom stereocenters. The fourth-order valence-electron chi connectivity index (χ4n) is 2.46. The summed E-state index contributed by atoms with van der Waals surface area (Å²) in [4.78, 5) is 0. The first-order valence-corrected chi connectivity index (χ1v) is 6.23. The maximum atomic E-state index is 9.36. The number of halogens is 2. The second-order valence-electron chi connectivity index (χ2n) is 4.50. The molecule has 1 nitrogen and oxygen atoms in total. The summed E-state index contributed by atoms with van der Waals surface area (Å²) in [7, 11) is 0. The summed E-state index contributed by atoms with van der Waals surface area (Å²) in [5.41, 5.74) is 0.563. The molecule has 1 aliphatic rings. The van der Waals surface area contributed by atoms with Crippen LogP contribution in [0.4, 0.5) is 0 Å². The molecule has 0 heterocycles. The van der Waals surface area contributed by atoms with Crippen LogP contribution in [0, 0.1) is 17.2 Å². The molecule has 3 heteroatoms. The molecule has 0 saturated heterocycles. The molecule has 84 valence electrons. The summed E-state index contributed by atoms with van der Waals surface area (Å²) in [5.74, 6) is 0.659. The van der Waals surface area contributed by atoms with Crippen LogP contribution >= 0.6 is 23.2 Å². The minimum Gasteiger partial charge on any atom is -0.197 e. The average Bonchev–Trinajstić information content (AvgIpc) is 2.20. The van der Waals surface area contributed by atoms with Gasteiger partial charge in [0.1, 0.15) is 0 Å². The van der Waals surface area contributed by atoms with Crippen LogP contribution in [0.1, 0.15) is 31.7 Å². The topological polar surface area (TPSA) is 23.8 Å². The first-order valence-electron chi connectivity index (χ1n) is 5.48. The second kappa shape index (κ2) is 4.28. The predicted molar refractivity (Wildman–Crippen MR) is 66.8 cm³/mol. The number of rotatable bonds is 2. The normalized spacial score (nSPS) is 28.2. The van der Waals surface area contributed by atoms with Crippen LogP contribution in [0.15, 0.2) is 18.2 Å². The molecule has 0 radical (unpaired) electrons. The van der Waals surface area contributed by atoms with Crippen LogP contribution < -0.4 is 0 Å². The summed E-state index contributed by atoms with van der Waals surface area (Å²) in [6, 6.07) is 7.84. The minimum atomic E-state index is -0.373. The van der Waals surface area contributed by atoms with Gasteiger partial charge in [0.05, 0.1) is 11.5 Å². The lowest BCUT2D eigenvalue weighted by atomic mass is 9.59. The zero-order valence-corrected chi connectivity index (χ0v) is 10.6. The molecule has 2 rings (SSSR count). The number of hydrogen-bond acceptors (Lipinski definition) is 1. The van der Waals surface area contributed by atoms with Gasteiger partial charge in [-0.25, -0.2) is 0 Å². The van der Waals surface area contributed by atoms with Crippen LogP contribution in [-0.4, -0.2) is 0 Å². The summed E-state index contributed by atoms with van der Waals surface area (Å²) in [6.07, 6.45) is 2.97. The SMILES string of the molecule is CCC1CC(C#N)(c2ccc(Cl)cc2Cl)C1. The monoisotopic (exact) mass is 253 g/mol. The Labute approximate surface area is 106 Å². The van der Waals surface area contributed by atoms with Gasteiger partial charge in [0, 0.05) is 10.0 Å². The molecule has 16 heavy (non-hydrogen) atoms. The van der Waals surface area contributed by atoms with Gasteiger partial charge in [-0.3, -0.25) is 0 Å². The standard InChI is InChI=1S/C13H13Cl2N/c1-2-9-6-13(7-9,8-16)11-4-3-10(14)5-12(11)15/h3-5,9H,2,6-7H2,1H3. The van der Waals surface area contributed by atoms with Crippen molar-refractivity contribution in [1.29, 1.82) is 5.26 Å². The highest BCUT2D eigenvalue weighted by Gasteiger charge is 2.46. The highest BCUT2D eigenvalue weighted by atomic mass is 35.5. The molecule has 0 spiro atoms. The lowest BCUT2D eigenvalue weighted by molar-refractivity contribution is 0.192. The third kappa shape index (κ3) is 1.81. The summed E-state index contributed by atoms with van der Waals surface area (Å²) in [5, 5.41) is 10.6.